The number of methoxy groups -OCH3 is 1. The van der Waals surface area contributed by atoms with E-state index in [2.05, 4.69) is 10.1 Å². The molecule has 0 bridgehead atoms. The molecule has 1 aromatic rings. The van der Waals surface area contributed by atoms with Gasteiger partial charge >= 0.3 is 11.9 Å². The van der Waals surface area contributed by atoms with Gasteiger partial charge in [-0.3, -0.25) is 4.79 Å². The zero-order valence-electron chi connectivity index (χ0n) is 13.3. The Labute approximate surface area is 134 Å². The van der Waals surface area contributed by atoms with E-state index in [1.54, 1.807) is 6.92 Å². The van der Waals surface area contributed by atoms with Crippen molar-refractivity contribution in [1.82, 2.24) is 5.32 Å². The molecule has 2 atom stereocenters. The van der Waals surface area contributed by atoms with Gasteiger partial charge in [0, 0.05) is 0 Å². The lowest BCUT2D eigenvalue weighted by atomic mass is 9.99. The van der Waals surface area contributed by atoms with Gasteiger partial charge in [0.05, 0.1) is 12.7 Å². The molecule has 23 heavy (non-hydrogen) atoms. The fraction of sp³-hybridized carbons (Fsp3) is 0.438. The summed E-state index contributed by atoms with van der Waals surface area (Å²) in [7, 11) is 1.23. The molecule has 6 nitrogen and oxygen atoms in total. The van der Waals surface area contributed by atoms with Gasteiger partial charge in [-0.05, 0) is 24.1 Å². The lowest BCUT2D eigenvalue weighted by Crippen LogP contribution is -2.47. The first kappa shape index (κ1) is 18.6. The average molecular weight is 325 g/mol. The van der Waals surface area contributed by atoms with Crippen LogP contribution < -0.4 is 5.32 Å². The van der Waals surface area contributed by atoms with Crippen molar-refractivity contribution in [3.63, 3.8) is 0 Å². The van der Waals surface area contributed by atoms with Crippen molar-refractivity contribution in [2.45, 2.75) is 26.3 Å². The van der Waals surface area contributed by atoms with Crippen LogP contribution in [0.15, 0.2) is 24.3 Å². The third-order valence-electron chi connectivity index (χ3n) is 3.38. The van der Waals surface area contributed by atoms with Crippen molar-refractivity contribution >= 4 is 17.8 Å². The summed E-state index contributed by atoms with van der Waals surface area (Å²) in [5, 5.41) is 2.47. The number of carbonyl (C=O) groups is 3. The van der Waals surface area contributed by atoms with Gasteiger partial charge in [0.15, 0.2) is 6.61 Å². The predicted molar refractivity (Wildman–Crippen MR) is 80.1 cm³/mol. The predicted octanol–water partition coefficient (Wildman–Crippen LogP) is 1.69. The van der Waals surface area contributed by atoms with E-state index in [1.165, 1.54) is 25.3 Å². The quantitative estimate of drug-likeness (QED) is 0.772. The molecule has 1 N–H and O–H groups in total. The Morgan fingerprint density at radius 3 is 2.57 bits per heavy atom. The highest BCUT2D eigenvalue weighted by molar-refractivity contribution is 5.92. The second-order valence-electron chi connectivity index (χ2n) is 5.04. The number of benzene rings is 1. The van der Waals surface area contributed by atoms with Crippen LogP contribution >= 0.6 is 0 Å². The third-order valence-corrected chi connectivity index (χ3v) is 3.38. The Morgan fingerprint density at radius 1 is 1.30 bits per heavy atom. The van der Waals surface area contributed by atoms with Crippen molar-refractivity contribution in [2.75, 3.05) is 13.7 Å². The molecule has 0 saturated heterocycles. The van der Waals surface area contributed by atoms with Gasteiger partial charge in [0.25, 0.3) is 5.91 Å². The number of amides is 1. The number of esters is 2. The fourth-order valence-electron chi connectivity index (χ4n) is 1.84. The summed E-state index contributed by atoms with van der Waals surface area (Å²) in [4.78, 5) is 35.2. The van der Waals surface area contributed by atoms with Gasteiger partial charge in [0.2, 0.25) is 0 Å². The monoisotopic (exact) mass is 325 g/mol. The molecule has 1 rings (SSSR count). The Balaban J connectivity index is 2.58. The first-order valence-corrected chi connectivity index (χ1v) is 7.18. The van der Waals surface area contributed by atoms with Gasteiger partial charge in [-0.15, -0.1) is 0 Å². The van der Waals surface area contributed by atoms with E-state index in [0.717, 1.165) is 6.07 Å². The van der Waals surface area contributed by atoms with Crippen LogP contribution in [0.1, 0.15) is 30.6 Å². The van der Waals surface area contributed by atoms with Crippen molar-refractivity contribution in [1.29, 1.82) is 0 Å². The van der Waals surface area contributed by atoms with E-state index in [9.17, 15) is 18.8 Å². The summed E-state index contributed by atoms with van der Waals surface area (Å²) in [5.41, 5.74) is 0.00393. The topological polar surface area (TPSA) is 81.7 Å². The average Bonchev–Trinajstić information content (AvgIpc) is 2.56. The number of rotatable bonds is 7. The zero-order valence-corrected chi connectivity index (χ0v) is 13.3. The molecule has 0 heterocycles. The maximum atomic E-state index is 13.0. The number of halogens is 1. The van der Waals surface area contributed by atoms with Gasteiger partial charge < -0.3 is 14.8 Å². The van der Waals surface area contributed by atoms with Gasteiger partial charge in [-0.1, -0.05) is 26.3 Å². The lowest BCUT2D eigenvalue weighted by Gasteiger charge is -2.21. The van der Waals surface area contributed by atoms with Crippen LogP contribution in [0, 0.1) is 11.7 Å². The van der Waals surface area contributed by atoms with Crippen LogP contribution in [0.5, 0.6) is 0 Å². The molecule has 0 spiro atoms. The molecule has 0 aliphatic carbocycles. The maximum Gasteiger partial charge on any atom is 0.338 e. The lowest BCUT2D eigenvalue weighted by molar-refractivity contribution is -0.147. The Kier molecular flexibility index (Phi) is 7.18. The van der Waals surface area contributed by atoms with Crippen molar-refractivity contribution in [3.8, 4) is 0 Å². The van der Waals surface area contributed by atoms with Crippen LogP contribution in [-0.2, 0) is 19.1 Å². The summed E-state index contributed by atoms with van der Waals surface area (Å²) < 4.78 is 22.5. The van der Waals surface area contributed by atoms with E-state index >= 15 is 0 Å². The number of hydrogen-bond acceptors (Lipinski definition) is 5. The summed E-state index contributed by atoms with van der Waals surface area (Å²) in [6, 6.07) is 4.13. The Bertz CT molecular complexity index is 575. The molecule has 0 unspecified atom stereocenters. The van der Waals surface area contributed by atoms with Gasteiger partial charge in [-0.2, -0.15) is 0 Å². The second-order valence-corrected chi connectivity index (χ2v) is 5.04. The first-order chi connectivity index (χ1) is 10.9. The van der Waals surface area contributed by atoms with E-state index in [-0.39, 0.29) is 11.5 Å². The Morgan fingerprint density at radius 2 is 2.00 bits per heavy atom. The molecular formula is C16H20FNO5. The fourth-order valence-corrected chi connectivity index (χ4v) is 1.84. The van der Waals surface area contributed by atoms with Gasteiger partial charge in [0.1, 0.15) is 11.9 Å². The SMILES string of the molecule is CC[C@H](C)[C@H](NC(=O)COC(=O)c1cccc(F)c1)C(=O)OC. The standard InChI is InChI=1S/C16H20FNO5/c1-4-10(2)14(16(21)22-3)18-13(19)9-23-15(20)11-6-5-7-12(17)8-11/h5-8,10,14H,4,9H2,1-3H3,(H,18,19)/t10-,14-/m0/s1. The number of hydrogen-bond donors (Lipinski definition) is 1. The van der Waals surface area contributed by atoms with E-state index in [0.29, 0.717) is 6.42 Å². The van der Waals surface area contributed by atoms with Crippen molar-refractivity contribution in [2.24, 2.45) is 5.92 Å². The molecule has 0 radical (unpaired) electrons. The third kappa shape index (κ3) is 5.69. The minimum atomic E-state index is -0.821. The summed E-state index contributed by atoms with van der Waals surface area (Å²) in [6.07, 6.45) is 0.656. The maximum absolute atomic E-state index is 13.0. The summed E-state index contributed by atoms with van der Waals surface area (Å²) >= 11 is 0. The largest absolute Gasteiger partial charge is 0.467 e. The summed E-state index contributed by atoms with van der Waals surface area (Å²) in [5.74, 6) is -2.73. The minimum absolute atomic E-state index is 0.00393. The minimum Gasteiger partial charge on any atom is -0.467 e. The molecule has 0 fully saturated rings. The molecule has 1 amide bonds. The molecule has 0 aliphatic rings. The highest BCUT2D eigenvalue weighted by atomic mass is 19.1. The summed E-state index contributed by atoms with van der Waals surface area (Å²) in [6.45, 7) is 3.09. The van der Waals surface area contributed by atoms with E-state index in [1.807, 2.05) is 6.92 Å². The number of carbonyl (C=O) groups excluding carboxylic acids is 3. The molecule has 0 aliphatic heterocycles. The highest BCUT2D eigenvalue weighted by Gasteiger charge is 2.27. The Hall–Kier alpha value is -2.44. The van der Waals surface area contributed by atoms with E-state index in [4.69, 9.17) is 4.74 Å². The number of ether oxygens (including phenoxy) is 2. The number of nitrogens with one attached hydrogen (secondary N) is 1. The van der Waals surface area contributed by atoms with E-state index < -0.39 is 36.3 Å². The molecule has 0 saturated carbocycles. The van der Waals surface area contributed by atoms with Crippen LogP contribution in [0.25, 0.3) is 0 Å². The van der Waals surface area contributed by atoms with Crippen LogP contribution in [0.3, 0.4) is 0 Å². The molecular weight excluding hydrogens is 305 g/mol. The normalized spacial score (nSPS) is 12.9. The van der Waals surface area contributed by atoms with Crippen LogP contribution in [0.2, 0.25) is 0 Å². The highest BCUT2D eigenvalue weighted by Crippen LogP contribution is 2.09. The van der Waals surface area contributed by atoms with Crippen molar-refractivity contribution in [3.05, 3.63) is 35.6 Å². The van der Waals surface area contributed by atoms with Gasteiger partial charge in [-0.25, -0.2) is 14.0 Å². The molecule has 7 heteroatoms. The van der Waals surface area contributed by atoms with Crippen molar-refractivity contribution < 1.29 is 28.2 Å². The smallest absolute Gasteiger partial charge is 0.338 e. The zero-order chi connectivity index (χ0) is 17.4. The first-order valence-electron chi connectivity index (χ1n) is 7.18. The second kappa shape index (κ2) is 8.87. The van der Waals surface area contributed by atoms with Crippen LogP contribution in [-0.4, -0.2) is 37.6 Å². The molecule has 1 aromatic carbocycles. The molecule has 126 valence electrons. The molecule has 0 aromatic heterocycles. The van der Waals surface area contributed by atoms with Crippen LogP contribution in [0.4, 0.5) is 4.39 Å².